The summed E-state index contributed by atoms with van der Waals surface area (Å²) in [7, 11) is 0. The lowest BCUT2D eigenvalue weighted by atomic mass is 9.63. The second-order valence-corrected chi connectivity index (χ2v) is 8.43. The molecule has 1 saturated heterocycles. The fourth-order valence-corrected chi connectivity index (χ4v) is 5.57. The summed E-state index contributed by atoms with van der Waals surface area (Å²) in [5.41, 5.74) is 1.79. The molecule has 5 heteroatoms. The van der Waals surface area contributed by atoms with E-state index in [1.807, 2.05) is 32.0 Å². The molecule has 2 saturated carbocycles. The predicted molar refractivity (Wildman–Crippen MR) is 97.6 cm³/mol. The standard InChI is InChI=1S/C22H23NO4/c1-11-4-3-5-12(2)20(11)27-17(24)8-9-23-21(25)18-13-6-7-14(16-10-15(13)16)19(18)22(23)26/h3-7,13-16,18-19H,8-10H2,1-2H3/t13-,14-,15-,16-,18+,19+/m0/s1. The van der Waals surface area contributed by atoms with Crippen LogP contribution in [-0.2, 0) is 14.4 Å². The number of rotatable bonds is 4. The Morgan fingerprint density at radius 1 is 1.04 bits per heavy atom. The predicted octanol–water partition coefficient (Wildman–Crippen LogP) is 2.65. The molecule has 1 heterocycles. The Balaban J connectivity index is 1.26. The number of nitrogens with zero attached hydrogens (tertiary/aromatic N) is 1. The van der Waals surface area contributed by atoms with Crippen molar-refractivity contribution in [2.24, 2.45) is 35.5 Å². The maximum Gasteiger partial charge on any atom is 0.313 e. The summed E-state index contributed by atoms with van der Waals surface area (Å²) < 4.78 is 5.50. The summed E-state index contributed by atoms with van der Waals surface area (Å²) in [5.74, 6) is 1.19. The number of imide groups is 1. The van der Waals surface area contributed by atoms with Crippen molar-refractivity contribution in [3.63, 3.8) is 0 Å². The van der Waals surface area contributed by atoms with Crippen molar-refractivity contribution in [2.75, 3.05) is 6.54 Å². The monoisotopic (exact) mass is 365 g/mol. The minimum Gasteiger partial charge on any atom is -0.426 e. The molecule has 2 bridgehead atoms. The van der Waals surface area contributed by atoms with Gasteiger partial charge in [-0.25, -0.2) is 0 Å². The Hall–Kier alpha value is -2.43. The van der Waals surface area contributed by atoms with Crippen LogP contribution in [0.25, 0.3) is 0 Å². The van der Waals surface area contributed by atoms with Gasteiger partial charge in [-0.2, -0.15) is 0 Å². The first-order valence-electron chi connectivity index (χ1n) is 9.78. The highest BCUT2D eigenvalue weighted by molar-refractivity contribution is 6.06. The molecule has 3 fully saturated rings. The zero-order chi connectivity index (χ0) is 18.9. The number of likely N-dealkylation sites (tertiary alicyclic amines) is 1. The van der Waals surface area contributed by atoms with E-state index in [0.29, 0.717) is 17.6 Å². The Morgan fingerprint density at radius 2 is 1.59 bits per heavy atom. The third-order valence-electron chi connectivity index (χ3n) is 6.92. The van der Waals surface area contributed by atoms with Gasteiger partial charge in [0.25, 0.3) is 0 Å². The van der Waals surface area contributed by atoms with Crippen LogP contribution in [0.15, 0.2) is 30.4 Å². The maximum atomic E-state index is 12.9. The van der Waals surface area contributed by atoms with Gasteiger partial charge in [0.2, 0.25) is 11.8 Å². The van der Waals surface area contributed by atoms with Crippen LogP contribution >= 0.6 is 0 Å². The fourth-order valence-electron chi connectivity index (χ4n) is 5.57. The number of carbonyl (C=O) groups excluding carboxylic acids is 3. The molecule has 1 aliphatic heterocycles. The Kier molecular flexibility index (Phi) is 3.58. The molecule has 0 unspecified atom stereocenters. The number of hydrogen-bond acceptors (Lipinski definition) is 4. The molecule has 2 amide bonds. The van der Waals surface area contributed by atoms with Crippen LogP contribution < -0.4 is 4.74 Å². The molecule has 27 heavy (non-hydrogen) atoms. The molecule has 0 spiro atoms. The zero-order valence-corrected chi connectivity index (χ0v) is 15.6. The van der Waals surface area contributed by atoms with E-state index in [1.54, 1.807) is 0 Å². The number of amides is 2. The van der Waals surface area contributed by atoms with Gasteiger partial charge in [-0.1, -0.05) is 30.4 Å². The van der Waals surface area contributed by atoms with E-state index in [1.165, 1.54) is 4.90 Å². The second kappa shape index (κ2) is 5.78. The van der Waals surface area contributed by atoms with Crippen LogP contribution in [0, 0.1) is 49.4 Å². The minimum atomic E-state index is -0.410. The molecule has 1 aromatic carbocycles. The van der Waals surface area contributed by atoms with E-state index in [9.17, 15) is 14.4 Å². The third kappa shape index (κ3) is 2.40. The van der Waals surface area contributed by atoms with E-state index in [4.69, 9.17) is 4.74 Å². The van der Waals surface area contributed by atoms with Crippen molar-refractivity contribution in [3.05, 3.63) is 41.5 Å². The average molecular weight is 365 g/mol. The van der Waals surface area contributed by atoms with Crippen LogP contribution in [0.5, 0.6) is 5.75 Å². The first-order valence-corrected chi connectivity index (χ1v) is 9.78. The van der Waals surface area contributed by atoms with Gasteiger partial charge < -0.3 is 4.74 Å². The summed E-state index contributed by atoms with van der Waals surface area (Å²) in [5, 5.41) is 0. The molecule has 140 valence electrons. The molecule has 6 rings (SSSR count). The van der Waals surface area contributed by atoms with Gasteiger partial charge in [-0.3, -0.25) is 19.3 Å². The third-order valence-corrected chi connectivity index (χ3v) is 6.92. The molecule has 6 atom stereocenters. The van der Waals surface area contributed by atoms with E-state index in [-0.39, 0.29) is 48.5 Å². The van der Waals surface area contributed by atoms with Gasteiger partial charge in [-0.15, -0.1) is 0 Å². The minimum absolute atomic E-state index is 0.0281. The summed E-state index contributed by atoms with van der Waals surface area (Å²) in [6.07, 6.45) is 5.49. The van der Waals surface area contributed by atoms with Crippen LogP contribution in [0.3, 0.4) is 0 Å². The average Bonchev–Trinajstić information content (AvgIpc) is 3.42. The topological polar surface area (TPSA) is 63.7 Å². The summed E-state index contributed by atoms with van der Waals surface area (Å²) >= 11 is 0. The van der Waals surface area contributed by atoms with E-state index >= 15 is 0 Å². The largest absolute Gasteiger partial charge is 0.426 e. The SMILES string of the molecule is Cc1cccc(C)c1OC(=O)CCN1C(=O)[C@@H]2[C@H]3C=C[C@@H]([C@@H]4C[C@@H]34)[C@H]2C1=O. The zero-order valence-electron chi connectivity index (χ0n) is 15.6. The number of carbonyl (C=O) groups is 3. The first-order chi connectivity index (χ1) is 13.0. The highest BCUT2D eigenvalue weighted by Gasteiger charge is 2.66. The Morgan fingerprint density at radius 3 is 2.15 bits per heavy atom. The molecule has 0 radical (unpaired) electrons. The van der Waals surface area contributed by atoms with Crippen LogP contribution in [0.2, 0.25) is 0 Å². The van der Waals surface area contributed by atoms with Crippen LogP contribution in [0.1, 0.15) is 24.0 Å². The van der Waals surface area contributed by atoms with Crippen LogP contribution in [0.4, 0.5) is 0 Å². The van der Waals surface area contributed by atoms with Crippen molar-refractivity contribution in [1.29, 1.82) is 0 Å². The van der Waals surface area contributed by atoms with Gasteiger partial charge in [-0.05, 0) is 55.1 Å². The van der Waals surface area contributed by atoms with Gasteiger partial charge in [0, 0.05) is 6.54 Å². The smallest absolute Gasteiger partial charge is 0.313 e. The lowest BCUT2D eigenvalue weighted by molar-refractivity contribution is -0.141. The van der Waals surface area contributed by atoms with E-state index < -0.39 is 5.97 Å². The molecular weight excluding hydrogens is 342 g/mol. The summed E-state index contributed by atoms with van der Waals surface area (Å²) in [4.78, 5) is 39.4. The van der Waals surface area contributed by atoms with E-state index in [0.717, 1.165) is 17.5 Å². The lowest BCUT2D eigenvalue weighted by Crippen LogP contribution is -2.40. The maximum absolute atomic E-state index is 12.9. The number of aryl methyl sites for hydroxylation is 2. The molecule has 5 nitrogen and oxygen atoms in total. The molecule has 5 aliphatic rings. The number of hydrogen-bond donors (Lipinski definition) is 0. The number of benzene rings is 1. The molecule has 0 N–H and O–H groups in total. The molecule has 0 aromatic heterocycles. The van der Waals surface area contributed by atoms with Crippen molar-refractivity contribution < 1.29 is 19.1 Å². The van der Waals surface area contributed by atoms with Crippen LogP contribution in [-0.4, -0.2) is 29.2 Å². The Bertz CT molecular complexity index is 832. The number of allylic oxidation sites excluding steroid dienone is 2. The summed E-state index contributed by atoms with van der Waals surface area (Å²) in [6.45, 7) is 3.90. The first kappa shape index (κ1) is 16.7. The molecule has 4 aliphatic carbocycles. The van der Waals surface area contributed by atoms with Gasteiger partial charge in [0.1, 0.15) is 5.75 Å². The highest BCUT2D eigenvalue weighted by atomic mass is 16.5. The van der Waals surface area contributed by atoms with Gasteiger partial charge >= 0.3 is 5.97 Å². The summed E-state index contributed by atoms with van der Waals surface area (Å²) in [6, 6.07) is 5.70. The van der Waals surface area contributed by atoms with Gasteiger partial charge in [0.15, 0.2) is 0 Å². The normalized spacial score (nSPS) is 35.3. The molecule has 1 aromatic rings. The highest BCUT2D eigenvalue weighted by Crippen LogP contribution is 2.65. The fraction of sp³-hybridized carbons (Fsp3) is 0.500. The van der Waals surface area contributed by atoms with Gasteiger partial charge in [0.05, 0.1) is 18.3 Å². The van der Waals surface area contributed by atoms with E-state index in [2.05, 4.69) is 12.2 Å². The number of para-hydroxylation sites is 1. The molecular formula is C22H23NO4. The Labute approximate surface area is 158 Å². The lowest BCUT2D eigenvalue weighted by Gasteiger charge is -2.37. The number of esters is 1. The van der Waals surface area contributed by atoms with Crippen molar-refractivity contribution >= 4 is 17.8 Å². The van der Waals surface area contributed by atoms with Crippen molar-refractivity contribution in [2.45, 2.75) is 26.7 Å². The number of ether oxygens (including phenoxy) is 1. The van der Waals surface area contributed by atoms with Crippen molar-refractivity contribution in [3.8, 4) is 5.75 Å². The van der Waals surface area contributed by atoms with Crippen molar-refractivity contribution in [1.82, 2.24) is 4.90 Å². The quantitative estimate of drug-likeness (QED) is 0.356. The second-order valence-electron chi connectivity index (χ2n) is 8.43.